The summed E-state index contributed by atoms with van der Waals surface area (Å²) in [7, 11) is 0. The first-order chi connectivity index (χ1) is 29.0. The molecule has 4 aliphatic carbocycles. The summed E-state index contributed by atoms with van der Waals surface area (Å²) in [6, 6.07) is 70.8. The van der Waals surface area contributed by atoms with Crippen LogP contribution in [-0.4, -0.2) is 0 Å². The number of anilines is 3. The lowest BCUT2D eigenvalue weighted by Crippen LogP contribution is -2.32. The molecule has 0 aromatic heterocycles. The van der Waals surface area contributed by atoms with Crippen molar-refractivity contribution in [3.8, 4) is 55.6 Å². The minimum absolute atomic E-state index is 0.0936. The van der Waals surface area contributed by atoms with Crippen molar-refractivity contribution in [2.75, 3.05) is 4.90 Å². The summed E-state index contributed by atoms with van der Waals surface area (Å²) in [6.45, 7) is 4.79. The van der Waals surface area contributed by atoms with Gasteiger partial charge in [-0.1, -0.05) is 178 Å². The Bertz CT molecular complexity index is 2940. The molecule has 0 saturated heterocycles. The molecule has 0 aliphatic heterocycles. The zero-order valence-electron chi connectivity index (χ0n) is 33.8. The lowest BCUT2D eigenvalue weighted by atomic mass is 9.67. The normalized spacial score (nSPS) is 20.0. The molecule has 1 heteroatoms. The first-order valence-corrected chi connectivity index (χ1v) is 21.6. The van der Waals surface area contributed by atoms with E-state index in [1.54, 1.807) is 5.56 Å². The van der Waals surface area contributed by atoms with Crippen LogP contribution in [0, 0.1) is 11.8 Å². The summed E-state index contributed by atoms with van der Waals surface area (Å²) in [5, 5.41) is 0. The van der Waals surface area contributed by atoms with Crippen LogP contribution < -0.4 is 4.90 Å². The third-order valence-electron chi connectivity index (χ3n) is 14.7. The smallest absolute Gasteiger partial charge is 0.0540 e. The Morgan fingerprint density at radius 3 is 1.80 bits per heavy atom. The molecule has 3 unspecified atom stereocenters. The number of fused-ring (bicyclic) bond motifs is 11. The molecule has 59 heavy (non-hydrogen) atoms. The Kier molecular flexibility index (Phi) is 7.64. The monoisotopic (exact) mass is 757 g/mol. The van der Waals surface area contributed by atoms with Gasteiger partial charge in [-0.2, -0.15) is 0 Å². The number of hydrogen-bond acceptors (Lipinski definition) is 1. The zero-order chi connectivity index (χ0) is 39.3. The van der Waals surface area contributed by atoms with Gasteiger partial charge in [-0.05, 0) is 134 Å². The van der Waals surface area contributed by atoms with Crippen LogP contribution in [0.25, 0.3) is 55.6 Å². The number of rotatable bonds is 6. The summed E-state index contributed by atoms with van der Waals surface area (Å²) in [5.74, 6) is 1.52. The third kappa shape index (κ3) is 5.10. The van der Waals surface area contributed by atoms with E-state index in [0.29, 0.717) is 5.92 Å². The molecule has 8 aromatic carbocycles. The van der Waals surface area contributed by atoms with Gasteiger partial charge in [0.1, 0.15) is 0 Å². The predicted molar refractivity (Wildman–Crippen MR) is 247 cm³/mol. The fourth-order valence-electron chi connectivity index (χ4n) is 12.2. The molecule has 284 valence electrons. The van der Waals surface area contributed by atoms with Crippen molar-refractivity contribution in [3.63, 3.8) is 0 Å². The minimum atomic E-state index is -0.110. The van der Waals surface area contributed by atoms with Crippen molar-refractivity contribution >= 4 is 17.1 Å². The SMILES string of the molecule is CC1(C)c2ccccc2-c2cccc(-c3cccc(N(c4ccc5c(c4)C4(CC6CCC4C6)c4ccccc4-5)c4ccccc4-c4ccc(-c5ccccc5)cc4)c3)c21. The Balaban J connectivity index is 1.05. The highest BCUT2D eigenvalue weighted by Gasteiger charge is 2.56. The highest BCUT2D eigenvalue weighted by Crippen LogP contribution is 2.66. The molecular weight excluding hydrogens is 711 g/mol. The minimum Gasteiger partial charge on any atom is -0.310 e. The average Bonchev–Trinajstić information content (AvgIpc) is 4.04. The highest BCUT2D eigenvalue weighted by atomic mass is 15.1. The first-order valence-electron chi connectivity index (χ1n) is 21.6. The van der Waals surface area contributed by atoms with Gasteiger partial charge in [0, 0.05) is 27.8 Å². The van der Waals surface area contributed by atoms with E-state index in [2.05, 4.69) is 207 Å². The van der Waals surface area contributed by atoms with E-state index in [1.807, 2.05) is 0 Å². The summed E-state index contributed by atoms with van der Waals surface area (Å²) in [6.07, 6.45) is 5.33. The Morgan fingerprint density at radius 2 is 1.02 bits per heavy atom. The van der Waals surface area contributed by atoms with Crippen molar-refractivity contribution in [1.29, 1.82) is 0 Å². The Hall–Kier alpha value is -6.44. The van der Waals surface area contributed by atoms with Gasteiger partial charge in [0.2, 0.25) is 0 Å². The van der Waals surface area contributed by atoms with Gasteiger partial charge in [0.25, 0.3) is 0 Å². The van der Waals surface area contributed by atoms with Crippen LogP contribution in [0.3, 0.4) is 0 Å². The maximum atomic E-state index is 2.60. The highest BCUT2D eigenvalue weighted by molar-refractivity contribution is 5.93. The molecule has 0 heterocycles. The maximum Gasteiger partial charge on any atom is 0.0540 e. The second-order valence-electron chi connectivity index (χ2n) is 18.1. The van der Waals surface area contributed by atoms with E-state index in [1.165, 1.54) is 115 Å². The topological polar surface area (TPSA) is 3.24 Å². The summed E-state index contributed by atoms with van der Waals surface area (Å²) in [4.78, 5) is 2.55. The summed E-state index contributed by atoms with van der Waals surface area (Å²) in [5.41, 5.74) is 22.5. The van der Waals surface area contributed by atoms with E-state index in [-0.39, 0.29) is 10.8 Å². The third-order valence-corrected chi connectivity index (χ3v) is 14.7. The molecule has 0 N–H and O–H groups in total. The van der Waals surface area contributed by atoms with E-state index in [4.69, 9.17) is 0 Å². The van der Waals surface area contributed by atoms with Crippen LogP contribution in [0.5, 0.6) is 0 Å². The van der Waals surface area contributed by atoms with E-state index in [9.17, 15) is 0 Å². The van der Waals surface area contributed by atoms with Crippen molar-refractivity contribution in [2.45, 2.75) is 50.4 Å². The Labute approximate surface area is 348 Å². The second-order valence-corrected chi connectivity index (χ2v) is 18.1. The van der Waals surface area contributed by atoms with Gasteiger partial charge in [0.05, 0.1) is 5.69 Å². The largest absolute Gasteiger partial charge is 0.310 e. The van der Waals surface area contributed by atoms with Crippen molar-refractivity contribution in [3.05, 3.63) is 210 Å². The lowest BCUT2D eigenvalue weighted by molar-refractivity contribution is 0.327. The van der Waals surface area contributed by atoms with E-state index >= 15 is 0 Å². The fourth-order valence-corrected chi connectivity index (χ4v) is 12.2. The van der Waals surface area contributed by atoms with Crippen LogP contribution in [-0.2, 0) is 10.8 Å². The molecule has 12 rings (SSSR count). The molecule has 4 aliphatic rings. The average molecular weight is 758 g/mol. The molecule has 2 bridgehead atoms. The van der Waals surface area contributed by atoms with Crippen LogP contribution in [0.2, 0.25) is 0 Å². The number of nitrogens with zero attached hydrogens (tertiary/aromatic N) is 1. The first kappa shape index (κ1) is 34.6. The lowest BCUT2D eigenvalue weighted by Gasteiger charge is -2.37. The molecule has 2 saturated carbocycles. The van der Waals surface area contributed by atoms with Crippen molar-refractivity contribution in [2.24, 2.45) is 11.8 Å². The predicted octanol–water partition coefficient (Wildman–Crippen LogP) is 15.6. The summed E-state index contributed by atoms with van der Waals surface area (Å²) >= 11 is 0. The molecule has 1 nitrogen and oxygen atoms in total. The van der Waals surface area contributed by atoms with Gasteiger partial charge in [0.15, 0.2) is 0 Å². The summed E-state index contributed by atoms with van der Waals surface area (Å²) < 4.78 is 0. The molecule has 2 fully saturated rings. The number of hydrogen-bond donors (Lipinski definition) is 0. The van der Waals surface area contributed by atoms with Gasteiger partial charge in [-0.25, -0.2) is 0 Å². The molecular formula is C58H47N. The molecule has 0 radical (unpaired) electrons. The van der Waals surface area contributed by atoms with Gasteiger partial charge in [-0.3, -0.25) is 0 Å². The van der Waals surface area contributed by atoms with E-state index in [0.717, 1.165) is 5.92 Å². The quantitative estimate of drug-likeness (QED) is 0.163. The van der Waals surface area contributed by atoms with Crippen molar-refractivity contribution in [1.82, 2.24) is 0 Å². The van der Waals surface area contributed by atoms with Crippen LogP contribution >= 0.6 is 0 Å². The Morgan fingerprint density at radius 1 is 0.424 bits per heavy atom. The second kappa shape index (κ2) is 13.0. The fraction of sp³-hybridized carbons (Fsp3) is 0.172. The molecule has 8 aromatic rings. The molecule has 1 spiro atoms. The zero-order valence-corrected chi connectivity index (χ0v) is 33.8. The van der Waals surface area contributed by atoms with Crippen LogP contribution in [0.15, 0.2) is 188 Å². The van der Waals surface area contributed by atoms with Crippen molar-refractivity contribution < 1.29 is 0 Å². The molecule has 3 atom stereocenters. The van der Waals surface area contributed by atoms with Crippen LogP contribution in [0.1, 0.15) is 61.8 Å². The molecule has 0 amide bonds. The van der Waals surface area contributed by atoms with Gasteiger partial charge in [-0.15, -0.1) is 0 Å². The van der Waals surface area contributed by atoms with Gasteiger partial charge < -0.3 is 4.90 Å². The standard InChI is InChI=1S/C58H47N/c1-57(2)52-23-9-6-20-49(52)51-22-13-21-47(56(51)57)42-16-12-17-44(35-42)59(55-25-11-8-18-46(55)41-29-27-40(28-30-41)39-14-4-3-5-15-39)45-32-33-50-48-19-7-10-24-53(48)58(54(50)36-45)37-38-26-31-43(58)34-38/h3-25,27-30,32-33,35-36,38,43H,26,31,34,37H2,1-2H3. The number of para-hydroxylation sites is 1. The van der Waals surface area contributed by atoms with E-state index < -0.39 is 0 Å². The van der Waals surface area contributed by atoms with Crippen LogP contribution in [0.4, 0.5) is 17.1 Å². The number of benzene rings is 8. The maximum absolute atomic E-state index is 2.60. The van der Waals surface area contributed by atoms with Gasteiger partial charge >= 0.3 is 0 Å².